The van der Waals surface area contributed by atoms with Crippen molar-refractivity contribution in [1.29, 1.82) is 0 Å². The summed E-state index contributed by atoms with van der Waals surface area (Å²) in [6.07, 6.45) is 0. The highest BCUT2D eigenvalue weighted by atomic mass is 35.5. The van der Waals surface area contributed by atoms with Crippen molar-refractivity contribution in [2.45, 2.75) is 13.1 Å². The topological polar surface area (TPSA) is 6.48 Å². The van der Waals surface area contributed by atoms with Crippen LogP contribution in [0.5, 0.6) is 0 Å². The van der Waals surface area contributed by atoms with Crippen LogP contribution in [-0.2, 0) is 13.1 Å². The van der Waals surface area contributed by atoms with Crippen LogP contribution in [0.2, 0.25) is 20.1 Å². The molecule has 0 spiro atoms. The highest BCUT2D eigenvalue weighted by Gasteiger charge is 2.27. The van der Waals surface area contributed by atoms with Gasteiger partial charge in [-0.1, -0.05) is 46.4 Å². The van der Waals surface area contributed by atoms with Gasteiger partial charge in [-0.25, -0.2) is 0 Å². The fourth-order valence-corrected chi connectivity index (χ4v) is 3.11. The molecule has 0 fully saturated rings. The van der Waals surface area contributed by atoms with Gasteiger partial charge in [0, 0.05) is 26.2 Å². The van der Waals surface area contributed by atoms with Crippen LogP contribution in [0.15, 0.2) is 0 Å². The van der Waals surface area contributed by atoms with Gasteiger partial charge in [0.25, 0.3) is 0 Å². The molecule has 0 aromatic heterocycles. The standard InChI is InChI=1S/C12H14Cl4N2/c1-17(2)3-4-18-5-7-8(6-18)10(14)12(16)11(15)9(7)13/h3-6H2,1-2H3. The van der Waals surface area contributed by atoms with E-state index in [9.17, 15) is 0 Å². The molecule has 0 amide bonds. The molecular weight excluding hydrogens is 314 g/mol. The minimum atomic E-state index is 0.358. The molecule has 0 unspecified atom stereocenters. The van der Waals surface area contributed by atoms with E-state index in [1.165, 1.54) is 0 Å². The second-order valence-corrected chi connectivity index (χ2v) is 6.24. The van der Waals surface area contributed by atoms with Crippen LogP contribution in [0.3, 0.4) is 0 Å². The zero-order chi connectivity index (χ0) is 13.4. The monoisotopic (exact) mass is 326 g/mol. The summed E-state index contributed by atoms with van der Waals surface area (Å²) >= 11 is 24.6. The van der Waals surface area contributed by atoms with E-state index < -0.39 is 0 Å². The van der Waals surface area contributed by atoms with E-state index in [1.807, 2.05) is 0 Å². The summed E-state index contributed by atoms with van der Waals surface area (Å²) in [5, 5.41) is 1.79. The molecule has 1 aliphatic rings. The molecular formula is C12H14Cl4N2. The van der Waals surface area contributed by atoms with E-state index in [0.717, 1.165) is 37.3 Å². The maximum atomic E-state index is 6.23. The van der Waals surface area contributed by atoms with E-state index in [2.05, 4.69) is 23.9 Å². The number of nitrogens with zero attached hydrogens (tertiary/aromatic N) is 2. The molecule has 1 aliphatic heterocycles. The van der Waals surface area contributed by atoms with Gasteiger partial charge in [0.05, 0.1) is 20.1 Å². The maximum absolute atomic E-state index is 6.23. The van der Waals surface area contributed by atoms with Crippen LogP contribution in [0.25, 0.3) is 0 Å². The minimum absolute atomic E-state index is 0.358. The lowest BCUT2D eigenvalue weighted by atomic mass is 10.1. The van der Waals surface area contributed by atoms with Gasteiger partial charge in [-0.3, -0.25) is 4.90 Å². The number of rotatable bonds is 3. The summed E-state index contributed by atoms with van der Waals surface area (Å²) in [5.74, 6) is 0. The van der Waals surface area contributed by atoms with Crippen LogP contribution in [0.1, 0.15) is 11.1 Å². The normalized spacial score (nSPS) is 15.5. The van der Waals surface area contributed by atoms with Gasteiger partial charge in [-0.15, -0.1) is 0 Å². The third kappa shape index (κ3) is 2.74. The third-order valence-corrected chi connectivity index (χ3v) is 4.98. The van der Waals surface area contributed by atoms with E-state index in [-0.39, 0.29) is 0 Å². The number of fused-ring (bicyclic) bond motifs is 1. The second kappa shape index (κ2) is 5.74. The fourth-order valence-electron chi connectivity index (χ4n) is 2.05. The Morgan fingerprint density at radius 1 is 0.889 bits per heavy atom. The van der Waals surface area contributed by atoms with Crippen molar-refractivity contribution in [3.05, 3.63) is 31.2 Å². The van der Waals surface area contributed by atoms with Gasteiger partial charge in [0.1, 0.15) is 0 Å². The number of likely N-dealkylation sites (N-methyl/N-ethyl adjacent to an activating group) is 1. The Bertz CT molecular complexity index is 437. The van der Waals surface area contributed by atoms with Crippen molar-refractivity contribution >= 4 is 46.4 Å². The molecule has 1 aromatic rings. The largest absolute Gasteiger partial charge is 0.308 e. The molecule has 0 N–H and O–H groups in total. The SMILES string of the molecule is CN(C)CCN1Cc2c(Cl)c(Cl)c(Cl)c(Cl)c2C1. The Morgan fingerprint density at radius 3 is 1.72 bits per heavy atom. The van der Waals surface area contributed by atoms with Crippen LogP contribution < -0.4 is 0 Å². The van der Waals surface area contributed by atoms with Crippen LogP contribution in [0.4, 0.5) is 0 Å². The smallest absolute Gasteiger partial charge is 0.0797 e. The van der Waals surface area contributed by atoms with E-state index in [1.54, 1.807) is 0 Å². The number of benzene rings is 1. The highest BCUT2D eigenvalue weighted by Crippen LogP contribution is 2.44. The lowest BCUT2D eigenvalue weighted by Crippen LogP contribution is -2.27. The van der Waals surface area contributed by atoms with Gasteiger partial charge < -0.3 is 4.90 Å². The van der Waals surface area contributed by atoms with Crippen molar-refractivity contribution in [2.24, 2.45) is 0 Å². The molecule has 0 aliphatic carbocycles. The lowest BCUT2D eigenvalue weighted by Gasteiger charge is -2.17. The molecule has 100 valence electrons. The van der Waals surface area contributed by atoms with E-state index in [0.29, 0.717) is 20.1 Å². The van der Waals surface area contributed by atoms with Crippen molar-refractivity contribution < 1.29 is 0 Å². The van der Waals surface area contributed by atoms with Crippen LogP contribution >= 0.6 is 46.4 Å². The Labute approximate surface area is 127 Å². The molecule has 0 saturated carbocycles. The molecule has 0 atom stereocenters. The van der Waals surface area contributed by atoms with Crippen molar-refractivity contribution in [3.8, 4) is 0 Å². The molecule has 0 bridgehead atoms. The van der Waals surface area contributed by atoms with Gasteiger partial charge >= 0.3 is 0 Å². The zero-order valence-corrected chi connectivity index (χ0v) is 13.3. The fraction of sp³-hybridized carbons (Fsp3) is 0.500. The average molecular weight is 328 g/mol. The molecule has 2 rings (SSSR count). The van der Waals surface area contributed by atoms with Crippen molar-refractivity contribution in [3.63, 3.8) is 0 Å². The van der Waals surface area contributed by atoms with Crippen molar-refractivity contribution in [1.82, 2.24) is 9.80 Å². The predicted octanol–water partition coefficient (Wildman–Crippen LogP) is 4.18. The van der Waals surface area contributed by atoms with Gasteiger partial charge in [-0.2, -0.15) is 0 Å². The zero-order valence-electron chi connectivity index (χ0n) is 10.2. The summed E-state index contributed by atoms with van der Waals surface area (Å²) in [7, 11) is 4.10. The first kappa shape index (κ1) is 14.7. The maximum Gasteiger partial charge on any atom is 0.0797 e. The molecule has 0 saturated heterocycles. The predicted molar refractivity (Wildman–Crippen MR) is 79.2 cm³/mol. The van der Waals surface area contributed by atoms with E-state index in [4.69, 9.17) is 46.4 Å². The van der Waals surface area contributed by atoms with Crippen molar-refractivity contribution in [2.75, 3.05) is 27.2 Å². The molecule has 2 nitrogen and oxygen atoms in total. The molecule has 1 heterocycles. The minimum Gasteiger partial charge on any atom is -0.308 e. The molecule has 0 radical (unpaired) electrons. The third-order valence-electron chi connectivity index (χ3n) is 3.10. The Hall–Kier alpha value is 0.300. The first-order valence-electron chi connectivity index (χ1n) is 5.62. The summed E-state index contributed by atoms with van der Waals surface area (Å²) in [5.41, 5.74) is 2.02. The number of hydrogen-bond acceptors (Lipinski definition) is 2. The summed E-state index contributed by atoms with van der Waals surface area (Å²) in [4.78, 5) is 4.43. The first-order chi connectivity index (χ1) is 8.41. The second-order valence-electron chi connectivity index (χ2n) is 4.73. The summed E-state index contributed by atoms with van der Waals surface area (Å²) in [6, 6.07) is 0. The lowest BCUT2D eigenvalue weighted by molar-refractivity contribution is 0.246. The highest BCUT2D eigenvalue weighted by molar-refractivity contribution is 6.52. The van der Waals surface area contributed by atoms with E-state index >= 15 is 0 Å². The average Bonchev–Trinajstić information content (AvgIpc) is 2.75. The molecule has 18 heavy (non-hydrogen) atoms. The van der Waals surface area contributed by atoms with Gasteiger partial charge in [-0.05, 0) is 25.2 Å². The van der Waals surface area contributed by atoms with Gasteiger partial charge in [0.2, 0.25) is 0 Å². The summed E-state index contributed by atoms with van der Waals surface area (Å²) < 4.78 is 0. The Morgan fingerprint density at radius 2 is 1.33 bits per heavy atom. The van der Waals surface area contributed by atoms with Crippen LogP contribution in [-0.4, -0.2) is 37.0 Å². The Balaban J connectivity index is 2.24. The number of hydrogen-bond donors (Lipinski definition) is 0. The van der Waals surface area contributed by atoms with Gasteiger partial charge in [0.15, 0.2) is 0 Å². The summed E-state index contributed by atoms with van der Waals surface area (Å²) in [6.45, 7) is 3.51. The number of halogens is 4. The molecule has 6 heteroatoms. The Kier molecular flexibility index (Phi) is 4.69. The van der Waals surface area contributed by atoms with Crippen LogP contribution in [0, 0.1) is 0 Å². The molecule has 1 aromatic carbocycles. The quantitative estimate of drug-likeness (QED) is 0.607. The first-order valence-corrected chi connectivity index (χ1v) is 7.13.